The number of aryl methyl sites for hydroxylation is 1. The van der Waals surface area contributed by atoms with E-state index in [2.05, 4.69) is 24.4 Å². The summed E-state index contributed by atoms with van der Waals surface area (Å²) in [4.78, 5) is 0. The van der Waals surface area contributed by atoms with Gasteiger partial charge < -0.3 is 5.32 Å². The molecule has 3 heteroatoms. The van der Waals surface area contributed by atoms with Crippen molar-refractivity contribution in [3.05, 3.63) is 70.8 Å². The van der Waals surface area contributed by atoms with Gasteiger partial charge in [0.15, 0.2) is 11.6 Å². The average molecular weight is 275 g/mol. The van der Waals surface area contributed by atoms with E-state index in [1.54, 1.807) is 6.07 Å². The van der Waals surface area contributed by atoms with Crippen molar-refractivity contribution >= 4 is 0 Å². The molecule has 0 fully saturated rings. The molecular formula is C17H19F2N. The Morgan fingerprint density at radius 1 is 1.00 bits per heavy atom. The van der Waals surface area contributed by atoms with Crippen LogP contribution < -0.4 is 5.32 Å². The maximum Gasteiger partial charge on any atom is 0.159 e. The van der Waals surface area contributed by atoms with Crippen molar-refractivity contribution in [2.24, 2.45) is 0 Å². The molecule has 0 saturated heterocycles. The van der Waals surface area contributed by atoms with E-state index in [9.17, 15) is 8.78 Å². The van der Waals surface area contributed by atoms with E-state index in [1.807, 2.05) is 19.1 Å². The van der Waals surface area contributed by atoms with Gasteiger partial charge in [0.05, 0.1) is 0 Å². The van der Waals surface area contributed by atoms with Crippen LogP contribution in [0.4, 0.5) is 8.78 Å². The van der Waals surface area contributed by atoms with E-state index in [-0.39, 0.29) is 6.04 Å². The molecular weight excluding hydrogens is 256 g/mol. The standard InChI is InChI=1S/C17H19F2N/c1-3-13-6-4-5-7-15(13)11-20-12(2)14-8-9-16(18)17(19)10-14/h4-10,12,20H,3,11H2,1-2H3. The van der Waals surface area contributed by atoms with E-state index in [0.29, 0.717) is 6.54 Å². The van der Waals surface area contributed by atoms with Crippen LogP contribution in [0.15, 0.2) is 42.5 Å². The van der Waals surface area contributed by atoms with Gasteiger partial charge in [-0.1, -0.05) is 37.3 Å². The zero-order valence-corrected chi connectivity index (χ0v) is 11.8. The largest absolute Gasteiger partial charge is 0.306 e. The highest BCUT2D eigenvalue weighted by atomic mass is 19.2. The summed E-state index contributed by atoms with van der Waals surface area (Å²) in [5.74, 6) is -1.61. The molecule has 2 rings (SSSR count). The van der Waals surface area contributed by atoms with Crippen LogP contribution in [-0.4, -0.2) is 0 Å². The Morgan fingerprint density at radius 2 is 1.70 bits per heavy atom. The minimum absolute atomic E-state index is 0.0324. The molecule has 20 heavy (non-hydrogen) atoms. The van der Waals surface area contributed by atoms with Gasteiger partial charge in [-0.05, 0) is 42.2 Å². The molecule has 0 saturated carbocycles. The fourth-order valence-corrected chi connectivity index (χ4v) is 2.24. The van der Waals surface area contributed by atoms with Crippen molar-refractivity contribution < 1.29 is 8.78 Å². The summed E-state index contributed by atoms with van der Waals surface area (Å²) in [6.07, 6.45) is 0.984. The molecule has 0 aromatic heterocycles. The smallest absolute Gasteiger partial charge is 0.159 e. The van der Waals surface area contributed by atoms with Gasteiger partial charge in [-0.2, -0.15) is 0 Å². The van der Waals surface area contributed by atoms with E-state index in [0.717, 1.165) is 12.0 Å². The van der Waals surface area contributed by atoms with Crippen molar-refractivity contribution in [3.8, 4) is 0 Å². The Hall–Kier alpha value is -1.74. The predicted molar refractivity (Wildman–Crippen MR) is 77.4 cm³/mol. The summed E-state index contributed by atoms with van der Waals surface area (Å²) in [5.41, 5.74) is 3.29. The third-order valence-electron chi connectivity index (χ3n) is 3.54. The number of hydrogen-bond donors (Lipinski definition) is 1. The molecule has 0 aliphatic rings. The molecule has 1 atom stereocenters. The van der Waals surface area contributed by atoms with Gasteiger partial charge in [0.2, 0.25) is 0 Å². The Morgan fingerprint density at radius 3 is 2.35 bits per heavy atom. The first kappa shape index (κ1) is 14.7. The molecule has 0 spiro atoms. The Labute approximate surface area is 118 Å². The monoisotopic (exact) mass is 275 g/mol. The number of hydrogen-bond acceptors (Lipinski definition) is 1. The molecule has 0 radical (unpaired) electrons. The molecule has 1 nitrogen and oxygen atoms in total. The van der Waals surface area contributed by atoms with E-state index in [1.165, 1.54) is 23.3 Å². The summed E-state index contributed by atoms with van der Waals surface area (Å²) >= 11 is 0. The second kappa shape index (κ2) is 6.62. The molecule has 0 bridgehead atoms. The lowest BCUT2D eigenvalue weighted by molar-refractivity contribution is 0.500. The van der Waals surface area contributed by atoms with Crippen molar-refractivity contribution in [3.63, 3.8) is 0 Å². The molecule has 0 heterocycles. The van der Waals surface area contributed by atoms with Crippen molar-refractivity contribution in [2.75, 3.05) is 0 Å². The van der Waals surface area contributed by atoms with Gasteiger partial charge in [-0.3, -0.25) is 0 Å². The van der Waals surface area contributed by atoms with Gasteiger partial charge in [0, 0.05) is 12.6 Å². The van der Waals surface area contributed by atoms with Crippen molar-refractivity contribution in [2.45, 2.75) is 32.9 Å². The van der Waals surface area contributed by atoms with Crippen LogP contribution in [0.2, 0.25) is 0 Å². The predicted octanol–water partition coefficient (Wildman–Crippen LogP) is 4.38. The van der Waals surface area contributed by atoms with Gasteiger partial charge in [0.25, 0.3) is 0 Å². The van der Waals surface area contributed by atoms with Crippen LogP contribution in [0.25, 0.3) is 0 Å². The molecule has 2 aromatic rings. The molecule has 1 N–H and O–H groups in total. The molecule has 0 amide bonds. The van der Waals surface area contributed by atoms with Crippen LogP contribution in [0.1, 0.15) is 36.6 Å². The van der Waals surface area contributed by atoms with Gasteiger partial charge in [0.1, 0.15) is 0 Å². The fraction of sp³-hybridized carbons (Fsp3) is 0.294. The minimum atomic E-state index is -0.808. The highest BCUT2D eigenvalue weighted by Gasteiger charge is 2.09. The fourth-order valence-electron chi connectivity index (χ4n) is 2.24. The molecule has 0 aliphatic heterocycles. The SMILES string of the molecule is CCc1ccccc1CNC(C)c1ccc(F)c(F)c1. The third kappa shape index (κ3) is 3.42. The first-order chi connectivity index (χ1) is 9.61. The normalized spacial score (nSPS) is 12.4. The summed E-state index contributed by atoms with van der Waals surface area (Å²) in [7, 11) is 0. The summed E-state index contributed by atoms with van der Waals surface area (Å²) in [6, 6.07) is 12.2. The first-order valence-corrected chi connectivity index (χ1v) is 6.87. The lowest BCUT2D eigenvalue weighted by Crippen LogP contribution is -2.19. The number of rotatable bonds is 5. The maximum atomic E-state index is 13.2. The minimum Gasteiger partial charge on any atom is -0.306 e. The lowest BCUT2D eigenvalue weighted by atomic mass is 10.0. The second-order valence-corrected chi connectivity index (χ2v) is 4.90. The van der Waals surface area contributed by atoms with Gasteiger partial charge in [-0.15, -0.1) is 0 Å². The molecule has 2 aromatic carbocycles. The lowest BCUT2D eigenvalue weighted by Gasteiger charge is -2.16. The van der Waals surface area contributed by atoms with Gasteiger partial charge >= 0.3 is 0 Å². The Balaban J connectivity index is 2.04. The topological polar surface area (TPSA) is 12.0 Å². The number of nitrogens with one attached hydrogen (secondary N) is 1. The number of halogens is 2. The maximum absolute atomic E-state index is 13.2. The van der Waals surface area contributed by atoms with Crippen LogP contribution >= 0.6 is 0 Å². The van der Waals surface area contributed by atoms with Crippen LogP contribution in [0.3, 0.4) is 0 Å². The Bertz CT molecular complexity index is 581. The zero-order chi connectivity index (χ0) is 14.5. The molecule has 0 aliphatic carbocycles. The van der Waals surface area contributed by atoms with E-state index >= 15 is 0 Å². The van der Waals surface area contributed by atoms with Gasteiger partial charge in [-0.25, -0.2) is 8.78 Å². The first-order valence-electron chi connectivity index (χ1n) is 6.87. The summed E-state index contributed by atoms with van der Waals surface area (Å²) in [6.45, 7) is 4.78. The second-order valence-electron chi connectivity index (χ2n) is 4.90. The quantitative estimate of drug-likeness (QED) is 0.854. The van der Waals surface area contributed by atoms with Crippen molar-refractivity contribution in [1.29, 1.82) is 0 Å². The Kier molecular flexibility index (Phi) is 4.85. The van der Waals surface area contributed by atoms with Crippen LogP contribution in [0.5, 0.6) is 0 Å². The highest BCUT2D eigenvalue weighted by molar-refractivity contribution is 5.27. The third-order valence-corrected chi connectivity index (χ3v) is 3.54. The number of benzene rings is 2. The van der Waals surface area contributed by atoms with E-state index < -0.39 is 11.6 Å². The molecule has 106 valence electrons. The zero-order valence-electron chi connectivity index (χ0n) is 11.8. The highest BCUT2D eigenvalue weighted by Crippen LogP contribution is 2.17. The van der Waals surface area contributed by atoms with E-state index in [4.69, 9.17) is 0 Å². The van der Waals surface area contributed by atoms with Crippen LogP contribution in [0, 0.1) is 11.6 Å². The average Bonchev–Trinajstić information content (AvgIpc) is 2.47. The van der Waals surface area contributed by atoms with Crippen molar-refractivity contribution in [1.82, 2.24) is 5.32 Å². The van der Waals surface area contributed by atoms with Crippen LogP contribution in [-0.2, 0) is 13.0 Å². The summed E-state index contributed by atoms with van der Waals surface area (Å²) < 4.78 is 26.1. The summed E-state index contributed by atoms with van der Waals surface area (Å²) in [5, 5.41) is 3.35. The molecule has 1 unspecified atom stereocenters.